The number of amides is 1. The summed E-state index contributed by atoms with van der Waals surface area (Å²) in [4.78, 5) is 38.8. The van der Waals surface area contributed by atoms with Crippen LogP contribution in [0, 0.1) is 6.92 Å². The van der Waals surface area contributed by atoms with Gasteiger partial charge in [0.05, 0.1) is 34.8 Å². The molecule has 0 bridgehead atoms. The Morgan fingerprint density at radius 2 is 1.88 bits per heavy atom. The highest BCUT2D eigenvalue weighted by Gasteiger charge is 2.18. The highest BCUT2D eigenvalue weighted by molar-refractivity contribution is 5.96. The van der Waals surface area contributed by atoms with E-state index in [0.29, 0.717) is 39.3 Å². The minimum Gasteiger partial charge on any atom is -0.407 e. The van der Waals surface area contributed by atoms with Crippen LogP contribution in [-0.2, 0) is 0 Å². The monoisotopic (exact) mass is 451 g/mol. The van der Waals surface area contributed by atoms with Gasteiger partial charge in [-0.1, -0.05) is 18.2 Å². The minimum absolute atomic E-state index is 0.311. The van der Waals surface area contributed by atoms with Crippen LogP contribution >= 0.6 is 0 Å². The molecule has 34 heavy (non-hydrogen) atoms. The molecule has 5 rings (SSSR count). The van der Waals surface area contributed by atoms with Crippen LogP contribution in [0.25, 0.3) is 28.0 Å². The summed E-state index contributed by atoms with van der Waals surface area (Å²) < 4.78 is 6.87. The van der Waals surface area contributed by atoms with E-state index in [2.05, 4.69) is 20.3 Å². The Hall–Kier alpha value is -4.59. The molecular formula is C26H21N5O3. The van der Waals surface area contributed by atoms with E-state index in [1.165, 1.54) is 4.57 Å². The molecule has 2 aromatic carbocycles. The summed E-state index contributed by atoms with van der Waals surface area (Å²) in [5.41, 5.74) is 5.01. The third-order valence-corrected chi connectivity index (χ3v) is 5.51. The molecule has 1 atom stereocenters. The van der Waals surface area contributed by atoms with E-state index in [-0.39, 0.29) is 11.9 Å². The third kappa shape index (κ3) is 4.09. The zero-order valence-electron chi connectivity index (χ0n) is 18.6. The number of benzene rings is 2. The average molecular weight is 451 g/mol. The largest absolute Gasteiger partial charge is 0.424 e. The number of rotatable bonds is 5. The molecule has 0 aliphatic rings. The Kier molecular flexibility index (Phi) is 5.47. The lowest BCUT2D eigenvalue weighted by Crippen LogP contribution is -2.27. The predicted octanol–water partition coefficient (Wildman–Crippen LogP) is 4.24. The first-order valence-electron chi connectivity index (χ1n) is 10.8. The lowest BCUT2D eigenvalue weighted by molar-refractivity contribution is 0.0939. The number of oxazole rings is 1. The van der Waals surface area contributed by atoms with Crippen LogP contribution in [0.2, 0.25) is 0 Å². The Balaban J connectivity index is 1.62. The van der Waals surface area contributed by atoms with Crippen molar-refractivity contribution in [2.24, 2.45) is 0 Å². The van der Waals surface area contributed by atoms with Gasteiger partial charge in [0.2, 0.25) is 0 Å². The maximum atomic E-state index is 13.2. The molecule has 0 radical (unpaired) electrons. The molecule has 3 aromatic heterocycles. The number of carbonyl (C=O) groups excluding carboxylic acids is 1. The van der Waals surface area contributed by atoms with Gasteiger partial charge in [-0.05, 0) is 55.8 Å². The smallest absolute Gasteiger partial charge is 0.407 e. The molecule has 0 spiro atoms. The maximum Gasteiger partial charge on any atom is 0.424 e. The Labute approximate surface area is 194 Å². The van der Waals surface area contributed by atoms with Gasteiger partial charge in [0, 0.05) is 29.7 Å². The highest BCUT2D eigenvalue weighted by atomic mass is 16.4. The van der Waals surface area contributed by atoms with Crippen molar-refractivity contribution in [3.63, 3.8) is 0 Å². The average Bonchev–Trinajstić information content (AvgIpc) is 3.20. The number of carbonyl (C=O) groups is 1. The van der Waals surface area contributed by atoms with Gasteiger partial charge < -0.3 is 9.73 Å². The van der Waals surface area contributed by atoms with Crippen molar-refractivity contribution in [2.45, 2.75) is 19.9 Å². The number of hydrogen-bond donors (Lipinski definition) is 1. The molecule has 0 aliphatic carbocycles. The molecule has 8 nitrogen and oxygen atoms in total. The van der Waals surface area contributed by atoms with Crippen LogP contribution < -0.4 is 11.1 Å². The van der Waals surface area contributed by atoms with Crippen molar-refractivity contribution in [3.05, 3.63) is 107 Å². The number of nitrogens with one attached hydrogen (secondary N) is 1. The van der Waals surface area contributed by atoms with E-state index < -0.39 is 5.76 Å². The summed E-state index contributed by atoms with van der Waals surface area (Å²) in [6.45, 7) is 3.79. The first-order valence-corrected chi connectivity index (χ1v) is 10.8. The second-order valence-corrected chi connectivity index (χ2v) is 7.99. The van der Waals surface area contributed by atoms with Gasteiger partial charge >= 0.3 is 5.76 Å². The topological polar surface area (TPSA) is 103 Å². The zero-order valence-corrected chi connectivity index (χ0v) is 18.6. The summed E-state index contributed by atoms with van der Waals surface area (Å²) in [5, 5.41) is 2.95. The molecule has 1 N–H and O–H groups in total. The molecule has 1 amide bonds. The van der Waals surface area contributed by atoms with Gasteiger partial charge in [0.25, 0.3) is 5.91 Å². The number of aromatic nitrogens is 4. The van der Waals surface area contributed by atoms with Gasteiger partial charge in [-0.3, -0.25) is 19.7 Å². The van der Waals surface area contributed by atoms with Crippen LogP contribution in [0.4, 0.5) is 0 Å². The second-order valence-electron chi connectivity index (χ2n) is 7.99. The fourth-order valence-corrected chi connectivity index (χ4v) is 3.76. The van der Waals surface area contributed by atoms with Gasteiger partial charge in [0.1, 0.15) is 0 Å². The van der Waals surface area contributed by atoms with Crippen LogP contribution in [0.15, 0.2) is 88.6 Å². The predicted molar refractivity (Wildman–Crippen MR) is 128 cm³/mol. The molecule has 0 saturated carbocycles. The molecule has 3 heterocycles. The van der Waals surface area contributed by atoms with E-state index in [1.807, 2.05) is 38.1 Å². The maximum absolute atomic E-state index is 13.2. The normalized spacial score (nSPS) is 11.9. The van der Waals surface area contributed by atoms with Crippen molar-refractivity contribution < 1.29 is 9.21 Å². The summed E-state index contributed by atoms with van der Waals surface area (Å²) >= 11 is 0. The Morgan fingerprint density at radius 3 is 2.65 bits per heavy atom. The van der Waals surface area contributed by atoms with Gasteiger partial charge in [-0.2, -0.15) is 0 Å². The van der Waals surface area contributed by atoms with Crippen molar-refractivity contribution in [1.82, 2.24) is 24.8 Å². The minimum atomic E-state index is -0.533. The first-order chi connectivity index (χ1) is 16.5. The standard InChI is InChI=1S/C26H21N5O3/c1-16-7-8-21(29-14-16)18-11-19(25(32)30-17(2)22-15-27-9-10-28-22)13-20(12-18)31-23-5-3-4-6-24(23)34-26(31)33/h3-15,17H,1-2H3,(H,30,32)/t17-/m0/s1. The molecule has 5 aromatic rings. The van der Waals surface area contributed by atoms with E-state index in [1.54, 1.807) is 55.1 Å². The molecule has 8 heteroatoms. The number of pyridine rings is 1. The third-order valence-electron chi connectivity index (χ3n) is 5.51. The fourth-order valence-electron chi connectivity index (χ4n) is 3.76. The van der Waals surface area contributed by atoms with Crippen molar-refractivity contribution >= 4 is 17.0 Å². The number of para-hydroxylation sites is 2. The first kappa shape index (κ1) is 21.3. The van der Waals surface area contributed by atoms with E-state index >= 15 is 0 Å². The van der Waals surface area contributed by atoms with E-state index in [4.69, 9.17) is 4.42 Å². The van der Waals surface area contributed by atoms with Crippen LogP contribution in [-0.4, -0.2) is 25.4 Å². The summed E-state index contributed by atoms with van der Waals surface area (Å²) in [7, 11) is 0. The summed E-state index contributed by atoms with van der Waals surface area (Å²) in [5.74, 6) is -0.844. The molecular weight excluding hydrogens is 430 g/mol. The lowest BCUT2D eigenvalue weighted by atomic mass is 10.0. The van der Waals surface area contributed by atoms with Gasteiger partial charge in [0.15, 0.2) is 5.58 Å². The molecule has 168 valence electrons. The Morgan fingerprint density at radius 1 is 1.03 bits per heavy atom. The van der Waals surface area contributed by atoms with E-state index in [9.17, 15) is 9.59 Å². The summed E-state index contributed by atoms with van der Waals surface area (Å²) in [6.07, 6.45) is 6.53. The lowest BCUT2D eigenvalue weighted by Gasteiger charge is -2.15. The number of hydrogen-bond acceptors (Lipinski definition) is 6. The quantitative estimate of drug-likeness (QED) is 0.429. The SMILES string of the molecule is Cc1ccc(-c2cc(C(=O)N[C@@H](C)c3cnccn3)cc(-n3c(=O)oc4ccccc43)c2)nc1. The molecule has 0 saturated heterocycles. The summed E-state index contributed by atoms with van der Waals surface area (Å²) in [6, 6.07) is 15.9. The highest BCUT2D eigenvalue weighted by Crippen LogP contribution is 2.25. The Bertz CT molecular complexity index is 1540. The van der Waals surface area contributed by atoms with Gasteiger partial charge in [-0.15, -0.1) is 0 Å². The molecule has 0 aliphatic heterocycles. The van der Waals surface area contributed by atoms with Crippen LogP contribution in [0.3, 0.4) is 0 Å². The van der Waals surface area contributed by atoms with Crippen molar-refractivity contribution in [3.8, 4) is 16.9 Å². The number of nitrogens with zero attached hydrogens (tertiary/aromatic N) is 4. The van der Waals surface area contributed by atoms with Crippen molar-refractivity contribution in [1.29, 1.82) is 0 Å². The number of aryl methyl sites for hydroxylation is 1. The van der Waals surface area contributed by atoms with Crippen molar-refractivity contribution in [2.75, 3.05) is 0 Å². The second kappa shape index (κ2) is 8.74. The van der Waals surface area contributed by atoms with Gasteiger partial charge in [-0.25, -0.2) is 9.36 Å². The molecule has 0 unspecified atom stereocenters. The van der Waals surface area contributed by atoms with Crippen LogP contribution in [0.1, 0.15) is 34.6 Å². The zero-order chi connectivity index (χ0) is 23.7. The van der Waals surface area contributed by atoms with E-state index in [0.717, 1.165) is 5.56 Å². The fraction of sp³-hybridized carbons (Fsp3) is 0.115. The number of fused-ring (bicyclic) bond motifs is 1. The molecule has 0 fully saturated rings. The van der Waals surface area contributed by atoms with Crippen LogP contribution in [0.5, 0.6) is 0 Å².